The van der Waals surface area contributed by atoms with Crippen LogP contribution in [0.2, 0.25) is 0 Å². The van der Waals surface area contributed by atoms with Crippen LogP contribution < -0.4 is 0 Å². The largest absolute Gasteiger partial charge is 0.416 e. The molecule has 0 spiro atoms. The van der Waals surface area contributed by atoms with Crippen LogP contribution in [0, 0.1) is 0 Å². The van der Waals surface area contributed by atoms with E-state index in [1.165, 1.54) is 24.3 Å². The predicted octanol–water partition coefficient (Wildman–Crippen LogP) is 4.87. The summed E-state index contributed by atoms with van der Waals surface area (Å²) in [6.07, 6.45) is -3.44. The molecule has 0 aliphatic heterocycles. The zero-order chi connectivity index (χ0) is 21.4. The Balaban J connectivity index is 1.61. The predicted molar refractivity (Wildman–Crippen MR) is 105 cm³/mol. The van der Waals surface area contributed by atoms with E-state index in [0.29, 0.717) is 4.09 Å². The zero-order valence-electron chi connectivity index (χ0n) is 15.3. The van der Waals surface area contributed by atoms with Crippen molar-refractivity contribution >= 4 is 10.0 Å². The van der Waals surface area contributed by atoms with Crippen LogP contribution in [-0.4, -0.2) is 22.6 Å². The van der Waals surface area contributed by atoms with Crippen molar-refractivity contribution in [2.45, 2.75) is 11.1 Å². The van der Waals surface area contributed by atoms with Crippen LogP contribution in [0.1, 0.15) is 5.56 Å². The van der Waals surface area contributed by atoms with Crippen molar-refractivity contribution in [3.63, 3.8) is 0 Å². The SMILES string of the molecule is O=S(=O)(c1ccc(-c2ccccc2)cc1)n1cnc(-c2ccc(C(F)(F)F)cc2)n1. The lowest BCUT2D eigenvalue weighted by Crippen LogP contribution is -2.13. The van der Waals surface area contributed by atoms with Crippen LogP contribution >= 0.6 is 0 Å². The summed E-state index contributed by atoms with van der Waals surface area (Å²) in [6.45, 7) is 0. The first-order chi connectivity index (χ1) is 14.2. The van der Waals surface area contributed by atoms with E-state index in [9.17, 15) is 21.6 Å². The monoisotopic (exact) mass is 429 g/mol. The van der Waals surface area contributed by atoms with Crippen molar-refractivity contribution in [1.82, 2.24) is 14.2 Å². The van der Waals surface area contributed by atoms with Crippen molar-refractivity contribution in [1.29, 1.82) is 0 Å². The summed E-state index contributed by atoms with van der Waals surface area (Å²) < 4.78 is 64.4. The molecule has 0 unspecified atom stereocenters. The van der Waals surface area contributed by atoms with Gasteiger partial charge in [0.2, 0.25) is 0 Å². The van der Waals surface area contributed by atoms with Gasteiger partial charge >= 0.3 is 6.18 Å². The topological polar surface area (TPSA) is 64.8 Å². The molecule has 0 saturated heterocycles. The Morgan fingerprint density at radius 1 is 0.733 bits per heavy atom. The number of aromatic nitrogens is 3. The molecule has 1 aromatic heterocycles. The Morgan fingerprint density at radius 3 is 1.90 bits per heavy atom. The van der Waals surface area contributed by atoms with E-state index in [1.54, 1.807) is 12.1 Å². The highest BCUT2D eigenvalue weighted by Crippen LogP contribution is 2.30. The number of hydrogen-bond acceptors (Lipinski definition) is 4. The van der Waals surface area contributed by atoms with Gasteiger partial charge in [-0.3, -0.25) is 0 Å². The fraction of sp³-hybridized carbons (Fsp3) is 0.0476. The molecule has 0 radical (unpaired) electrons. The smallest absolute Gasteiger partial charge is 0.214 e. The maximum Gasteiger partial charge on any atom is 0.416 e. The van der Waals surface area contributed by atoms with E-state index < -0.39 is 21.8 Å². The Morgan fingerprint density at radius 2 is 1.30 bits per heavy atom. The summed E-state index contributed by atoms with van der Waals surface area (Å²) in [4.78, 5) is 3.95. The van der Waals surface area contributed by atoms with Gasteiger partial charge in [-0.1, -0.05) is 54.6 Å². The molecular weight excluding hydrogens is 415 g/mol. The number of rotatable bonds is 4. The Bertz CT molecular complexity index is 1270. The molecule has 4 rings (SSSR count). The van der Waals surface area contributed by atoms with Crippen LogP contribution in [0.5, 0.6) is 0 Å². The van der Waals surface area contributed by atoms with E-state index in [4.69, 9.17) is 0 Å². The van der Waals surface area contributed by atoms with Crippen LogP contribution in [-0.2, 0) is 16.2 Å². The summed E-state index contributed by atoms with van der Waals surface area (Å²) in [5.41, 5.74) is 1.28. The molecule has 0 saturated carbocycles. The van der Waals surface area contributed by atoms with Crippen molar-refractivity contribution in [2.75, 3.05) is 0 Å². The van der Waals surface area contributed by atoms with Crippen LogP contribution in [0.4, 0.5) is 13.2 Å². The standard InChI is InChI=1S/C21H14F3N3O2S/c22-21(23,24)18-10-6-17(7-11-18)20-25-14-27(26-20)30(28,29)19-12-8-16(9-13-19)15-4-2-1-3-5-15/h1-14H. The minimum absolute atomic E-state index is 0.00760. The molecule has 1 heterocycles. The third-order valence-corrected chi connectivity index (χ3v) is 5.98. The molecule has 9 heteroatoms. The quantitative estimate of drug-likeness (QED) is 0.464. The van der Waals surface area contributed by atoms with E-state index in [-0.39, 0.29) is 16.3 Å². The summed E-state index contributed by atoms with van der Waals surface area (Å²) in [7, 11) is -3.99. The molecule has 152 valence electrons. The molecule has 0 fully saturated rings. The molecule has 0 atom stereocenters. The van der Waals surface area contributed by atoms with E-state index in [2.05, 4.69) is 10.1 Å². The third kappa shape index (κ3) is 3.84. The molecule has 5 nitrogen and oxygen atoms in total. The molecular formula is C21H14F3N3O2S. The first kappa shape index (κ1) is 19.8. The van der Waals surface area contributed by atoms with Crippen LogP contribution in [0.15, 0.2) is 90.1 Å². The van der Waals surface area contributed by atoms with Gasteiger partial charge in [0.1, 0.15) is 6.33 Å². The number of hydrogen-bond donors (Lipinski definition) is 0. The lowest BCUT2D eigenvalue weighted by atomic mass is 10.1. The second-order valence-electron chi connectivity index (χ2n) is 6.41. The van der Waals surface area contributed by atoms with Gasteiger partial charge in [0.05, 0.1) is 10.5 Å². The zero-order valence-corrected chi connectivity index (χ0v) is 16.1. The van der Waals surface area contributed by atoms with Crippen molar-refractivity contribution in [3.05, 3.63) is 90.8 Å². The van der Waals surface area contributed by atoms with Gasteiger partial charge in [0, 0.05) is 5.56 Å². The Labute approximate surface area is 170 Å². The summed E-state index contributed by atoms with van der Waals surface area (Å²) >= 11 is 0. The lowest BCUT2D eigenvalue weighted by Gasteiger charge is -2.06. The average molecular weight is 429 g/mol. The molecule has 0 aliphatic rings. The molecule has 0 bridgehead atoms. The first-order valence-electron chi connectivity index (χ1n) is 8.75. The second-order valence-corrected chi connectivity index (χ2v) is 8.21. The van der Waals surface area contributed by atoms with Gasteiger partial charge in [-0.2, -0.15) is 21.6 Å². The lowest BCUT2D eigenvalue weighted by molar-refractivity contribution is -0.137. The minimum atomic E-state index is -4.46. The molecule has 3 aromatic carbocycles. The van der Waals surface area contributed by atoms with Crippen LogP contribution in [0.3, 0.4) is 0 Å². The second kappa shape index (κ2) is 7.42. The summed E-state index contributed by atoms with van der Waals surface area (Å²) in [5, 5.41) is 3.94. The third-order valence-electron chi connectivity index (χ3n) is 4.45. The maximum absolute atomic E-state index is 12.8. The molecule has 0 amide bonds. The molecule has 30 heavy (non-hydrogen) atoms. The summed E-state index contributed by atoms with van der Waals surface area (Å²) in [5.74, 6) is 0.00760. The number of alkyl halides is 3. The summed E-state index contributed by atoms with van der Waals surface area (Å²) in [6, 6.07) is 20.0. The van der Waals surface area contributed by atoms with Gasteiger partial charge in [-0.05, 0) is 35.4 Å². The van der Waals surface area contributed by atoms with Gasteiger partial charge < -0.3 is 0 Å². The van der Waals surface area contributed by atoms with Crippen LogP contribution in [0.25, 0.3) is 22.5 Å². The van der Waals surface area contributed by atoms with Gasteiger partial charge in [-0.15, -0.1) is 9.19 Å². The minimum Gasteiger partial charge on any atom is -0.214 e. The van der Waals surface area contributed by atoms with E-state index >= 15 is 0 Å². The Kier molecular flexibility index (Phi) is 4.90. The highest BCUT2D eigenvalue weighted by Gasteiger charge is 2.30. The number of benzene rings is 3. The van der Waals surface area contributed by atoms with Gasteiger partial charge in [-0.25, -0.2) is 4.98 Å². The highest BCUT2D eigenvalue weighted by molar-refractivity contribution is 7.89. The van der Waals surface area contributed by atoms with Gasteiger partial charge in [0.25, 0.3) is 10.0 Å². The van der Waals surface area contributed by atoms with Crippen molar-refractivity contribution in [3.8, 4) is 22.5 Å². The van der Waals surface area contributed by atoms with Gasteiger partial charge in [0.15, 0.2) is 5.82 Å². The molecule has 0 N–H and O–H groups in total. The first-order valence-corrected chi connectivity index (χ1v) is 10.2. The van der Waals surface area contributed by atoms with E-state index in [0.717, 1.165) is 29.6 Å². The average Bonchev–Trinajstić information content (AvgIpc) is 3.25. The Hall–Kier alpha value is -3.46. The fourth-order valence-corrected chi connectivity index (χ4v) is 3.92. The normalized spacial score (nSPS) is 12.1. The number of nitrogens with zero attached hydrogens (tertiary/aromatic N) is 3. The number of halogens is 3. The molecule has 0 aliphatic carbocycles. The maximum atomic E-state index is 12.8. The fourth-order valence-electron chi connectivity index (χ4n) is 2.86. The van der Waals surface area contributed by atoms with Crippen molar-refractivity contribution < 1.29 is 21.6 Å². The highest BCUT2D eigenvalue weighted by atomic mass is 32.2. The van der Waals surface area contributed by atoms with E-state index in [1.807, 2.05) is 30.3 Å². The molecule has 4 aromatic rings. The van der Waals surface area contributed by atoms with Crippen molar-refractivity contribution in [2.24, 2.45) is 0 Å².